The summed E-state index contributed by atoms with van der Waals surface area (Å²) in [6, 6.07) is 0. The summed E-state index contributed by atoms with van der Waals surface area (Å²) in [7, 11) is 0. The van der Waals surface area contributed by atoms with Crippen molar-refractivity contribution >= 4 is 0 Å². The summed E-state index contributed by atoms with van der Waals surface area (Å²) in [5.74, 6) is 0. The molecule has 0 bridgehead atoms. The summed E-state index contributed by atoms with van der Waals surface area (Å²) in [5.41, 5.74) is -1.43. The molecule has 4 nitrogen and oxygen atoms in total. The van der Waals surface area contributed by atoms with E-state index in [-0.39, 0.29) is 6.10 Å². The highest BCUT2D eigenvalue weighted by atomic mass is 16.5. The van der Waals surface area contributed by atoms with Gasteiger partial charge in [0.1, 0.15) is 5.60 Å². The summed E-state index contributed by atoms with van der Waals surface area (Å²) >= 11 is 0. The Morgan fingerprint density at radius 2 is 2.06 bits per heavy atom. The number of rotatable bonds is 6. The van der Waals surface area contributed by atoms with Crippen molar-refractivity contribution in [2.75, 3.05) is 19.7 Å². The second-order valence-corrected chi connectivity index (χ2v) is 4.90. The smallest absolute Gasteiger partial charge is 0.105 e. The molecule has 2 unspecified atom stereocenters. The van der Waals surface area contributed by atoms with Crippen LogP contribution in [0.15, 0.2) is 0 Å². The van der Waals surface area contributed by atoms with Crippen molar-refractivity contribution in [1.29, 1.82) is 0 Å². The van der Waals surface area contributed by atoms with E-state index in [0.29, 0.717) is 26.1 Å². The van der Waals surface area contributed by atoms with Crippen molar-refractivity contribution in [2.45, 2.75) is 57.3 Å². The van der Waals surface area contributed by atoms with E-state index >= 15 is 0 Å². The second kappa shape index (κ2) is 5.45. The van der Waals surface area contributed by atoms with Crippen molar-refractivity contribution in [1.82, 2.24) is 5.32 Å². The van der Waals surface area contributed by atoms with Crippen molar-refractivity contribution in [3.8, 4) is 0 Å². The van der Waals surface area contributed by atoms with Gasteiger partial charge in [-0.3, -0.25) is 0 Å². The van der Waals surface area contributed by atoms with Crippen molar-refractivity contribution in [3.05, 3.63) is 0 Å². The summed E-state index contributed by atoms with van der Waals surface area (Å²) < 4.78 is 5.35. The van der Waals surface area contributed by atoms with Crippen LogP contribution in [-0.4, -0.2) is 47.2 Å². The van der Waals surface area contributed by atoms with Crippen LogP contribution in [0.4, 0.5) is 0 Å². The molecular formula is C12H25NO3. The first-order valence-electron chi connectivity index (χ1n) is 6.23. The van der Waals surface area contributed by atoms with Crippen LogP contribution in [0.3, 0.4) is 0 Å². The van der Waals surface area contributed by atoms with Crippen molar-refractivity contribution in [3.63, 3.8) is 0 Å². The van der Waals surface area contributed by atoms with E-state index in [1.165, 1.54) is 0 Å². The Morgan fingerprint density at radius 3 is 2.50 bits per heavy atom. The summed E-state index contributed by atoms with van der Waals surface area (Å²) in [5, 5.41) is 23.5. The fourth-order valence-corrected chi connectivity index (χ4v) is 2.01. The first kappa shape index (κ1) is 13.9. The molecular weight excluding hydrogens is 206 g/mol. The average molecular weight is 231 g/mol. The first-order valence-corrected chi connectivity index (χ1v) is 6.23. The van der Waals surface area contributed by atoms with Gasteiger partial charge in [0.2, 0.25) is 0 Å². The van der Waals surface area contributed by atoms with Gasteiger partial charge in [0.25, 0.3) is 0 Å². The van der Waals surface area contributed by atoms with E-state index < -0.39 is 11.2 Å². The van der Waals surface area contributed by atoms with E-state index in [4.69, 9.17) is 4.74 Å². The van der Waals surface area contributed by atoms with Gasteiger partial charge < -0.3 is 20.3 Å². The molecule has 0 radical (unpaired) electrons. The van der Waals surface area contributed by atoms with Crippen LogP contribution in [0.1, 0.15) is 40.0 Å². The third-order valence-electron chi connectivity index (χ3n) is 3.86. The topological polar surface area (TPSA) is 61.7 Å². The molecule has 0 aromatic heterocycles. The van der Waals surface area contributed by atoms with Crippen LogP contribution in [-0.2, 0) is 4.74 Å². The fraction of sp³-hybridized carbons (Fsp3) is 1.00. The van der Waals surface area contributed by atoms with Gasteiger partial charge in [-0.05, 0) is 19.8 Å². The van der Waals surface area contributed by atoms with Crippen LogP contribution in [0.5, 0.6) is 0 Å². The Bertz CT molecular complexity index is 218. The van der Waals surface area contributed by atoms with Gasteiger partial charge in [0.05, 0.1) is 11.7 Å². The molecule has 1 heterocycles. The Morgan fingerprint density at radius 1 is 1.44 bits per heavy atom. The van der Waals surface area contributed by atoms with E-state index in [1.807, 2.05) is 20.8 Å². The highest BCUT2D eigenvalue weighted by molar-refractivity contribution is 4.92. The molecule has 3 N–H and O–H groups in total. The molecule has 96 valence electrons. The zero-order chi connectivity index (χ0) is 12.2. The maximum absolute atomic E-state index is 10.2. The molecule has 0 amide bonds. The molecule has 1 aliphatic heterocycles. The summed E-state index contributed by atoms with van der Waals surface area (Å²) in [6.07, 6.45) is 1.98. The minimum absolute atomic E-state index is 0.128. The van der Waals surface area contributed by atoms with Gasteiger partial charge in [0, 0.05) is 26.1 Å². The molecule has 1 fully saturated rings. The van der Waals surface area contributed by atoms with Crippen LogP contribution in [0, 0.1) is 0 Å². The lowest BCUT2D eigenvalue weighted by molar-refractivity contribution is -0.0324. The van der Waals surface area contributed by atoms with E-state index in [2.05, 4.69) is 5.32 Å². The maximum Gasteiger partial charge on any atom is 0.105 e. The minimum atomic E-state index is -0.775. The zero-order valence-electron chi connectivity index (χ0n) is 10.6. The Labute approximate surface area is 98.0 Å². The average Bonchev–Trinajstić information content (AvgIpc) is 2.59. The predicted molar refractivity (Wildman–Crippen MR) is 63.4 cm³/mol. The van der Waals surface area contributed by atoms with Crippen molar-refractivity contribution < 1.29 is 14.9 Å². The number of hydrogen-bond acceptors (Lipinski definition) is 4. The quantitative estimate of drug-likeness (QED) is 0.628. The molecule has 0 aromatic carbocycles. The standard InChI is InChI=1S/C12H25NO3/c1-4-11(14,5-2)8-13-9-12(15)6-7-16-10(12)3/h10,13-15H,4-9H2,1-3H3. The molecule has 4 heteroatoms. The van der Waals surface area contributed by atoms with Crippen LogP contribution >= 0.6 is 0 Å². The molecule has 0 aromatic rings. The molecule has 1 saturated heterocycles. The predicted octanol–water partition coefficient (Wildman–Crippen LogP) is 0.667. The van der Waals surface area contributed by atoms with Gasteiger partial charge in [-0.1, -0.05) is 13.8 Å². The third-order valence-corrected chi connectivity index (χ3v) is 3.86. The lowest BCUT2D eigenvalue weighted by atomic mass is 9.94. The molecule has 1 rings (SSSR count). The lowest BCUT2D eigenvalue weighted by Gasteiger charge is -2.30. The van der Waals surface area contributed by atoms with E-state index in [9.17, 15) is 10.2 Å². The highest BCUT2D eigenvalue weighted by Crippen LogP contribution is 2.25. The second-order valence-electron chi connectivity index (χ2n) is 4.90. The third kappa shape index (κ3) is 3.17. The Hall–Kier alpha value is -0.160. The number of ether oxygens (including phenoxy) is 1. The molecule has 0 aliphatic carbocycles. The number of aliphatic hydroxyl groups is 2. The van der Waals surface area contributed by atoms with Gasteiger partial charge in [-0.15, -0.1) is 0 Å². The highest BCUT2D eigenvalue weighted by Gasteiger charge is 2.39. The number of nitrogens with one attached hydrogen (secondary N) is 1. The van der Waals surface area contributed by atoms with Crippen LogP contribution in [0.25, 0.3) is 0 Å². The maximum atomic E-state index is 10.2. The van der Waals surface area contributed by atoms with Crippen molar-refractivity contribution in [2.24, 2.45) is 0 Å². The molecule has 0 saturated carbocycles. The molecule has 0 spiro atoms. The van der Waals surface area contributed by atoms with Crippen LogP contribution in [0.2, 0.25) is 0 Å². The summed E-state index contributed by atoms with van der Waals surface area (Å²) in [6.45, 7) is 7.46. The van der Waals surface area contributed by atoms with Gasteiger partial charge >= 0.3 is 0 Å². The Kier molecular flexibility index (Phi) is 4.73. The van der Waals surface area contributed by atoms with Crippen LogP contribution < -0.4 is 5.32 Å². The monoisotopic (exact) mass is 231 g/mol. The van der Waals surface area contributed by atoms with Gasteiger partial charge in [-0.2, -0.15) is 0 Å². The molecule has 2 atom stereocenters. The molecule has 16 heavy (non-hydrogen) atoms. The SMILES string of the molecule is CCC(O)(CC)CNCC1(O)CCOC1C. The largest absolute Gasteiger partial charge is 0.389 e. The van der Waals surface area contributed by atoms with E-state index in [0.717, 1.165) is 12.8 Å². The normalized spacial score (nSPS) is 30.9. The van der Waals surface area contributed by atoms with Gasteiger partial charge in [0.15, 0.2) is 0 Å². The fourth-order valence-electron chi connectivity index (χ4n) is 2.01. The first-order chi connectivity index (χ1) is 7.46. The zero-order valence-corrected chi connectivity index (χ0v) is 10.6. The molecule has 1 aliphatic rings. The van der Waals surface area contributed by atoms with Gasteiger partial charge in [-0.25, -0.2) is 0 Å². The minimum Gasteiger partial charge on any atom is -0.389 e. The number of hydrogen-bond donors (Lipinski definition) is 3. The van der Waals surface area contributed by atoms with E-state index in [1.54, 1.807) is 0 Å². The summed E-state index contributed by atoms with van der Waals surface area (Å²) in [4.78, 5) is 0. The Balaban J connectivity index is 2.35. The lowest BCUT2D eigenvalue weighted by Crippen LogP contribution is -2.49.